The number of carbonyl (C=O) groups excluding carboxylic acids is 3. The Morgan fingerprint density at radius 2 is 2.12 bits per heavy atom. The van der Waals surface area contributed by atoms with E-state index in [1.165, 1.54) is 17.1 Å². The highest BCUT2D eigenvalue weighted by Crippen LogP contribution is 2.40. The van der Waals surface area contributed by atoms with E-state index in [1.807, 2.05) is 0 Å². The second kappa shape index (κ2) is 7.02. The van der Waals surface area contributed by atoms with Gasteiger partial charge in [-0.05, 0) is 12.5 Å². The van der Waals surface area contributed by atoms with Crippen LogP contribution >= 0.6 is 35.5 Å². The third-order valence-electron chi connectivity index (χ3n) is 3.61. The van der Waals surface area contributed by atoms with Crippen LogP contribution in [0.25, 0.3) is 0 Å². The summed E-state index contributed by atoms with van der Waals surface area (Å²) in [5, 5.41) is 12.6. The van der Waals surface area contributed by atoms with Crippen LogP contribution in [0.5, 0.6) is 0 Å². The lowest BCUT2D eigenvalue weighted by atomic mass is 10.0. The maximum absolute atomic E-state index is 12.2. The van der Waals surface area contributed by atoms with Gasteiger partial charge in [0.25, 0.3) is 17.6 Å². The quantitative estimate of drug-likeness (QED) is 0.364. The van der Waals surface area contributed by atoms with Crippen molar-refractivity contribution in [3.8, 4) is 0 Å². The van der Waals surface area contributed by atoms with E-state index in [9.17, 15) is 24.3 Å². The summed E-state index contributed by atoms with van der Waals surface area (Å²) in [7, 11) is 0. The first-order chi connectivity index (χ1) is 11.3. The molecule has 2 atom stereocenters. The highest BCUT2D eigenvalue weighted by molar-refractivity contribution is 8.00. The number of ketones is 1. The van der Waals surface area contributed by atoms with Gasteiger partial charge in [-0.1, -0.05) is 0 Å². The molecule has 1 aromatic rings. The van der Waals surface area contributed by atoms with E-state index in [4.69, 9.17) is 5.73 Å². The zero-order valence-electron chi connectivity index (χ0n) is 12.7. The van der Waals surface area contributed by atoms with Crippen LogP contribution in [0.4, 0.5) is 5.13 Å². The van der Waals surface area contributed by atoms with Crippen molar-refractivity contribution in [1.29, 1.82) is 0 Å². The van der Waals surface area contributed by atoms with Gasteiger partial charge in [0.2, 0.25) is 0 Å². The minimum absolute atomic E-state index is 0. The molecule has 2 aliphatic heterocycles. The topological polar surface area (TPSA) is 143 Å². The Bertz CT molecular complexity index is 808. The SMILES string of the molecule is CC1=C(C(=O)O)N2C(=O)C(NC(=O)C(=O)c3csc(N)n3)[C@@H]2SC1.Cl. The van der Waals surface area contributed by atoms with E-state index in [0.29, 0.717) is 11.3 Å². The first-order valence-electron chi connectivity index (χ1n) is 6.75. The van der Waals surface area contributed by atoms with Crippen LogP contribution in [0, 0.1) is 0 Å². The molecule has 0 aliphatic carbocycles. The van der Waals surface area contributed by atoms with Crippen LogP contribution in [0.15, 0.2) is 16.7 Å². The van der Waals surface area contributed by atoms with Gasteiger partial charge in [0.1, 0.15) is 22.8 Å². The molecule has 1 fully saturated rings. The molecule has 1 unspecified atom stereocenters. The number of β-lactam (4-membered cyclic amide) rings is 1. The lowest BCUT2D eigenvalue weighted by Gasteiger charge is -2.49. The lowest BCUT2D eigenvalue weighted by Crippen LogP contribution is -2.71. The molecule has 0 saturated carbocycles. The summed E-state index contributed by atoms with van der Waals surface area (Å²) in [5.74, 6) is -3.17. The van der Waals surface area contributed by atoms with Crippen molar-refractivity contribution in [3.05, 3.63) is 22.3 Å². The number of aliphatic carboxylic acids is 1. The third kappa shape index (κ3) is 3.22. The second-order valence-electron chi connectivity index (χ2n) is 5.20. The largest absolute Gasteiger partial charge is 0.477 e. The van der Waals surface area contributed by atoms with Crippen molar-refractivity contribution in [1.82, 2.24) is 15.2 Å². The highest BCUT2D eigenvalue weighted by atomic mass is 35.5. The molecule has 0 spiro atoms. The number of hydrogen-bond donors (Lipinski definition) is 3. The molecular formula is C13H13ClN4O5S2. The molecule has 3 rings (SSSR count). The highest BCUT2D eigenvalue weighted by Gasteiger charge is 2.54. The van der Waals surface area contributed by atoms with E-state index in [2.05, 4.69) is 10.3 Å². The third-order valence-corrected chi connectivity index (χ3v) is 5.71. The first-order valence-corrected chi connectivity index (χ1v) is 8.68. The summed E-state index contributed by atoms with van der Waals surface area (Å²) in [6.07, 6.45) is 0. The summed E-state index contributed by atoms with van der Waals surface area (Å²) in [5.41, 5.74) is 5.85. The van der Waals surface area contributed by atoms with Gasteiger partial charge in [0.05, 0.1) is 0 Å². The number of amides is 2. The predicted molar refractivity (Wildman–Crippen MR) is 93.5 cm³/mol. The Labute approximate surface area is 156 Å². The maximum Gasteiger partial charge on any atom is 0.352 e. The average molecular weight is 405 g/mol. The average Bonchev–Trinajstić information content (AvgIpc) is 2.97. The van der Waals surface area contributed by atoms with Crippen molar-refractivity contribution >= 4 is 64.2 Å². The van der Waals surface area contributed by atoms with Gasteiger partial charge in [0, 0.05) is 11.1 Å². The number of carboxylic acid groups (broad SMARTS) is 1. The van der Waals surface area contributed by atoms with Gasteiger partial charge in [-0.25, -0.2) is 9.78 Å². The smallest absolute Gasteiger partial charge is 0.352 e. The summed E-state index contributed by atoms with van der Waals surface area (Å²) in [6, 6.07) is -0.940. The van der Waals surface area contributed by atoms with Gasteiger partial charge in [-0.2, -0.15) is 0 Å². The van der Waals surface area contributed by atoms with E-state index in [-0.39, 0.29) is 28.9 Å². The molecule has 3 heterocycles. The predicted octanol–water partition coefficient (Wildman–Crippen LogP) is 0.0883. The zero-order chi connectivity index (χ0) is 17.6. The number of aromatic nitrogens is 1. The van der Waals surface area contributed by atoms with E-state index in [1.54, 1.807) is 6.92 Å². The van der Waals surface area contributed by atoms with Crippen molar-refractivity contribution in [2.24, 2.45) is 0 Å². The van der Waals surface area contributed by atoms with Crippen molar-refractivity contribution < 1.29 is 24.3 Å². The van der Waals surface area contributed by atoms with Gasteiger partial charge in [-0.3, -0.25) is 19.3 Å². The molecule has 4 N–H and O–H groups in total. The molecule has 25 heavy (non-hydrogen) atoms. The zero-order valence-corrected chi connectivity index (χ0v) is 15.2. The van der Waals surface area contributed by atoms with Gasteiger partial charge in [0.15, 0.2) is 5.13 Å². The Hall–Kier alpha value is -2.11. The summed E-state index contributed by atoms with van der Waals surface area (Å²) in [6.45, 7) is 1.64. The maximum atomic E-state index is 12.2. The fraction of sp³-hybridized carbons (Fsp3) is 0.308. The number of fused-ring (bicyclic) bond motifs is 1. The second-order valence-corrected chi connectivity index (χ2v) is 7.19. The summed E-state index contributed by atoms with van der Waals surface area (Å²) >= 11 is 2.36. The number of thiazole rings is 1. The number of nitrogen functional groups attached to an aromatic ring is 1. The molecule has 1 aromatic heterocycles. The van der Waals surface area contributed by atoms with Gasteiger partial charge < -0.3 is 16.2 Å². The normalized spacial score (nSPS) is 21.8. The minimum Gasteiger partial charge on any atom is -0.477 e. The van der Waals surface area contributed by atoms with Crippen LogP contribution in [-0.4, -0.2) is 55.7 Å². The fourth-order valence-corrected chi connectivity index (χ4v) is 4.33. The molecule has 0 bridgehead atoms. The number of nitrogens with one attached hydrogen (secondary N) is 1. The van der Waals surface area contributed by atoms with Crippen LogP contribution in [0.3, 0.4) is 0 Å². The van der Waals surface area contributed by atoms with E-state index >= 15 is 0 Å². The standard InChI is InChI=1S/C13H12N4O5S2.ClH/c1-4-2-23-11-6(10(20)17(11)7(4)12(21)22)16-9(19)8(18)5-3-24-13(14)15-5;/h3,6,11H,2H2,1H3,(H2,14,15)(H,16,19)(H,21,22);1H/t6?,11-;/m0./s1. The number of hydrogen-bond acceptors (Lipinski definition) is 8. The fourth-order valence-electron chi connectivity index (χ4n) is 2.49. The Morgan fingerprint density at radius 1 is 1.44 bits per heavy atom. The van der Waals surface area contributed by atoms with Crippen molar-refractivity contribution in [2.75, 3.05) is 11.5 Å². The summed E-state index contributed by atoms with van der Waals surface area (Å²) < 4.78 is 0. The van der Waals surface area contributed by atoms with Crippen molar-refractivity contribution in [3.63, 3.8) is 0 Å². The molecule has 2 amide bonds. The molecular weight excluding hydrogens is 392 g/mol. The van der Waals surface area contributed by atoms with Crippen LogP contribution in [-0.2, 0) is 14.4 Å². The van der Waals surface area contributed by atoms with Gasteiger partial charge in [-0.15, -0.1) is 35.5 Å². The minimum atomic E-state index is -1.19. The number of carbonyl (C=O) groups is 4. The van der Waals surface area contributed by atoms with E-state index in [0.717, 1.165) is 16.2 Å². The Balaban J connectivity index is 0.00000225. The first kappa shape index (κ1) is 19.2. The van der Waals surface area contributed by atoms with Gasteiger partial charge >= 0.3 is 5.97 Å². The molecule has 0 aromatic carbocycles. The van der Waals surface area contributed by atoms with Crippen LogP contribution in [0.2, 0.25) is 0 Å². The molecule has 12 heteroatoms. The number of rotatable bonds is 4. The Morgan fingerprint density at radius 3 is 2.68 bits per heavy atom. The van der Waals surface area contributed by atoms with Crippen LogP contribution in [0.1, 0.15) is 17.4 Å². The van der Waals surface area contributed by atoms with E-state index < -0.39 is 35.0 Å². The number of halogens is 1. The molecule has 2 aliphatic rings. The molecule has 1 saturated heterocycles. The lowest BCUT2D eigenvalue weighted by molar-refractivity contribution is -0.150. The van der Waals surface area contributed by atoms with Crippen molar-refractivity contribution in [2.45, 2.75) is 18.3 Å². The molecule has 0 radical (unpaired) electrons. The van der Waals surface area contributed by atoms with Crippen LogP contribution < -0.4 is 11.1 Å². The number of nitrogens with zero attached hydrogens (tertiary/aromatic N) is 2. The number of Topliss-reactive ketones (excluding diaryl/α,β-unsaturated/α-hetero) is 1. The number of carboxylic acids is 1. The number of thioether (sulfide) groups is 1. The number of nitrogens with two attached hydrogens (primary N) is 1. The molecule has 134 valence electrons. The monoisotopic (exact) mass is 404 g/mol. The number of anilines is 1. The molecule has 9 nitrogen and oxygen atoms in total. The Kier molecular flexibility index (Phi) is 5.40. The summed E-state index contributed by atoms with van der Waals surface area (Å²) in [4.78, 5) is 52.4.